The average molecular weight is 472 g/mol. The highest BCUT2D eigenvalue weighted by molar-refractivity contribution is 7.17. The zero-order valence-electron chi connectivity index (χ0n) is 17.5. The highest BCUT2D eigenvalue weighted by Crippen LogP contribution is 2.39. The number of halogens is 1. The normalized spacial score (nSPS) is 16.1. The van der Waals surface area contributed by atoms with E-state index in [-0.39, 0.29) is 5.91 Å². The molecule has 2 aliphatic rings. The highest BCUT2D eigenvalue weighted by Gasteiger charge is 2.29. The van der Waals surface area contributed by atoms with Crippen LogP contribution < -0.4 is 15.5 Å². The molecule has 2 aromatic heterocycles. The summed E-state index contributed by atoms with van der Waals surface area (Å²) in [4.78, 5) is 33.5. The number of benzene rings is 1. The maximum absolute atomic E-state index is 12.7. The summed E-state index contributed by atoms with van der Waals surface area (Å²) in [6.07, 6.45) is 3.71. The molecule has 2 fully saturated rings. The number of morpholine rings is 1. The average Bonchev–Trinajstić information content (AvgIpc) is 3.56. The number of rotatable bonds is 6. The van der Waals surface area contributed by atoms with Gasteiger partial charge < -0.3 is 15.0 Å². The van der Waals surface area contributed by atoms with Gasteiger partial charge in [0.25, 0.3) is 5.91 Å². The number of hydrogen-bond donors (Lipinski definition) is 2. The number of carbonyl (C=O) groups is 1. The van der Waals surface area contributed by atoms with Gasteiger partial charge in [0.1, 0.15) is 10.7 Å². The largest absolute Gasteiger partial charge is 0.378 e. The van der Waals surface area contributed by atoms with Crippen molar-refractivity contribution in [3.63, 3.8) is 0 Å². The molecule has 9 nitrogen and oxygen atoms in total. The Bertz CT molecular complexity index is 1120. The number of anilines is 4. The van der Waals surface area contributed by atoms with E-state index in [1.165, 1.54) is 17.5 Å². The molecule has 0 atom stereocenters. The molecule has 1 aliphatic carbocycles. The Balaban J connectivity index is 1.33. The first kappa shape index (κ1) is 21.0. The van der Waals surface area contributed by atoms with Crippen LogP contribution in [0, 0.1) is 6.92 Å². The Morgan fingerprint density at radius 2 is 2.03 bits per heavy atom. The molecule has 3 heterocycles. The van der Waals surface area contributed by atoms with Gasteiger partial charge in [-0.15, -0.1) is 0 Å². The second-order valence-electron chi connectivity index (χ2n) is 7.73. The minimum Gasteiger partial charge on any atom is -0.378 e. The molecule has 1 saturated carbocycles. The topological polar surface area (TPSA) is 105 Å². The number of hydrogen-bond acceptors (Lipinski definition) is 9. The maximum Gasteiger partial charge on any atom is 0.267 e. The quantitative estimate of drug-likeness (QED) is 0.555. The third-order valence-corrected chi connectivity index (χ3v) is 6.51. The molecule has 32 heavy (non-hydrogen) atoms. The van der Waals surface area contributed by atoms with Crippen molar-refractivity contribution < 1.29 is 9.53 Å². The molecule has 1 aliphatic heterocycles. The number of amides is 1. The van der Waals surface area contributed by atoms with Gasteiger partial charge in [-0.3, -0.25) is 10.1 Å². The van der Waals surface area contributed by atoms with Crippen LogP contribution in [-0.4, -0.2) is 52.1 Å². The van der Waals surface area contributed by atoms with Gasteiger partial charge >= 0.3 is 0 Å². The predicted octanol–water partition coefficient (Wildman–Crippen LogP) is 4.00. The fraction of sp³-hybridized carbons (Fsp3) is 0.381. The first-order valence-corrected chi connectivity index (χ1v) is 11.6. The zero-order chi connectivity index (χ0) is 22.1. The number of thiazole rings is 1. The van der Waals surface area contributed by atoms with Crippen molar-refractivity contribution in [1.82, 2.24) is 19.9 Å². The van der Waals surface area contributed by atoms with Crippen molar-refractivity contribution in [2.45, 2.75) is 25.7 Å². The lowest BCUT2D eigenvalue weighted by Crippen LogP contribution is -2.37. The summed E-state index contributed by atoms with van der Waals surface area (Å²) in [5.74, 6) is 2.00. The molecule has 1 aromatic carbocycles. The van der Waals surface area contributed by atoms with Crippen LogP contribution >= 0.6 is 22.9 Å². The molecular formula is C21H22ClN7O2S. The lowest BCUT2D eigenvalue weighted by atomic mass is 10.2. The lowest BCUT2D eigenvalue weighted by Gasteiger charge is -2.27. The van der Waals surface area contributed by atoms with Crippen molar-refractivity contribution in [3.8, 4) is 0 Å². The van der Waals surface area contributed by atoms with Crippen molar-refractivity contribution in [2.75, 3.05) is 41.8 Å². The van der Waals surface area contributed by atoms with Gasteiger partial charge in [0.2, 0.25) is 11.9 Å². The first-order valence-electron chi connectivity index (χ1n) is 10.4. The molecule has 0 unspecified atom stereocenters. The second kappa shape index (κ2) is 8.97. The van der Waals surface area contributed by atoms with E-state index in [0.29, 0.717) is 51.7 Å². The Morgan fingerprint density at radius 3 is 2.78 bits per heavy atom. The number of carbonyl (C=O) groups excluding carboxylic acids is 1. The zero-order valence-corrected chi connectivity index (χ0v) is 19.0. The highest BCUT2D eigenvalue weighted by atomic mass is 35.5. The molecule has 5 rings (SSSR count). The van der Waals surface area contributed by atoms with Crippen molar-refractivity contribution in [3.05, 3.63) is 45.7 Å². The summed E-state index contributed by atoms with van der Waals surface area (Å²) >= 11 is 7.45. The standard InChI is InChI=1S/C21H22ClN7O2S/c1-12-3-2-4-14(22)16(12)24-18(30)15-11-23-21(32-15)28-19-25-17(13-5-6-13)26-20(27-19)29-7-9-31-10-8-29/h2-4,11,13H,5-10H2,1H3,(H,24,30)(H,23,25,26,27,28). The van der Waals surface area contributed by atoms with Crippen LogP contribution in [0.15, 0.2) is 24.4 Å². The van der Waals surface area contributed by atoms with E-state index in [1.54, 1.807) is 6.07 Å². The number of nitrogens with one attached hydrogen (secondary N) is 2. The van der Waals surface area contributed by atoms with Gasteiger partial charge in [-0.2, -0.15) is 15.0 Å². The van der Waals surface area contributed by atoms with Gasteiger partial charge in [0.05, 0.1) is 30.1 Å². The van der Waals surface area contributed by atoms with E-state index < -0.39 is 0 Å². The van der Waals surface area contributed by atoms with Crippen molar-refractivity contribution in [2.24, 2.45) is 0 Å². The molecule has 1 amide bonds. The molecule has 11 heteroatoms. The van der Waals surface area contributed by atoms with Gasteiger partial charge in [-0.1, -0.05) is 35.1 Å². The number of nitrogens with zero attached hydrogens (tertiary/aromatic N) is 5. The molecule has 2 N–H and O–H groups in total. The van der Waals surface area contributed by atoms with E-state index >= 15 is 0 Å². The molecular weight excluding hydrogens is 450 g/mol. The molecule has 0 bridgehead atoms. The Morgan fingerprint density at radius 1 is 1.22 bits per heavy atom. The Kier molecular flexibility index (Phi) is 5.90. The molecule has 3 aromatic rings. The van der Waals surface area contributed by atoms with E-state index in [1.807, 2.05) is 19.1 Å². The van der Waals surface area contributed by atoms with Crippen LogP contribution in [0.25, 0.3) is 0 Å². The smallest absolute Gasteiger partial charge is 0.267 e. The minimum absolute atomic E-state index is 0.268. The minimum atomic E-state index is -0.268. The molecule has 166 valence electrons. The Hall–Kier alpha value is -2.82. The third kappa shape index (κ3) is 4.67. The van der Waals surface area contributed by atoms with E-state index in [9.17, 15) is 4.79 Å². The predicted molar refractivity (Wildman–Crippen MR) is 124 cm³/mol. The second-order valence-corrected chi connectivity index (χ2v) is 9.17. The maximum atomic E-state index is 12.7. The summed E-state index contributed by atoms with van der Waals surface area (Å²) < 4.78 is 5.44. The molecule has 0 radical (unpaired) electrons. The van der Waals surface area contributed by atoms with Gasteiger partial charge in [0, 0.05) is 19.0 Å². The van der Waals surface area contributed by atoms with Gasteiger partial charge in [-0.25, -0.2) is 4.98 Å². The number of para-hydroxylation sites is 1. The summed E-state index contributed by atoms with van der Waals surface area (Å²) in [5, 5.41) is 7.05. The third-order valence-electron chi connectivity index (χ3n) is 5.29. The van der Waals surface area contributed by atoms with Crippen LogP contribution in [0.3, 0.4) is 0 Å². The summed E-state index contributed by atoms with van der Waals surface area (Å²) in [6.45, 7) is 4.70. The van der Waals surface area contributed by atoms with Crippen LogP contribution in [0.1, 0.15) is 39.8 Å². The van der Waals surface area contributed by atoms with E-state index in [0.717, 1.165) is 37.3 Å². The monoisotopic (exact) mass is 471 g/mol. The first-order chi connectivity index (χ1) is 15.6. The van der Waals surface area contributed by atoms with Gasteiger partial charge in [0.15, 0.2) is 5.13 Å². The lowest BCUT2D eigenvalue weighted by molar-refractivity contribution is 0.103. The molecule has 0 spiro atoms. The number of ether oxygens (including phenoxy) is 1. The Labute approximate surface area is 194 Å². The summed E-state index contributed by atoms with van der Waals surface area (Å²) in [6, 6.07) is 5.48. The van der Waals surface area contributed by atoms with Crippen molar-refractivity contribution >= 4 is 51.6 Å². The number of aromatic nitrogens is 4. The SMILES string of the molecule is Cc1cccc(Cl)c1NC(=O)c1cnc(Nc2nc(C3CC3)nc(N3CCOCC3)n2)s1. The van der Waals surface area contributed by atoms with E-state index in [4.69, 9.17) is 16.3 Å². The van der Waals surface area contributed by atoms with E-state index in [2.05, 4.69) is 35.5 Å². The fourth-order valence-electron chi connectivity index (χ4n) is 3.36. The van der Waals surface area contributed by atoms with Gasteiger partial charge in [-0.05, 0) is 31.4 Å². The summed E-state index contributed by atoms with van der Waals surface area (Å²) in [5.41, 5.74) is 1.49. The van der Waals surface area contributed by atoms with Crippen molar-refractivity contribution in [1.29, 1.82) is 0 Å². The fourth-order valence-corrected chi connectivity index (χ4v) is 4.34. The van der Waals surface area contributed by atoms with Crippen LogP contribution in [0.5, 0.6) is 0 Å². The molecule has 1 saturated heterocycles. The number of aryl methyl sites for hydroxylation is 1. The van der Waals surface area contributed by atoms with Crippen LogP contribution in [0.2, 0.25) is 5.02 Å². The van der Waals surface area contributed by atoms with Crippen LogP contribution in [-0.2, 0) is 4.74 Å². The summed E-state index contributed by atoms with van der Waals surface area (Å²) in [7, 11) is 0. The van der Waals surface area contributed by atoms with Crippen LogP contribution in [0.4, 0.5) is 22.7 Å².